The molecule has 1 amide bonds. The van der Waals surface area contributed by atoms with E-state index in [1.165, 1.54) is 0 Å². The molecule has 2 rings (SSSR count). The fourth-order valence-corrected chi connectivity index (χ4v) is 2.79. The van der Waals surface area contributed by atoms with Gasteiger partial charge in [-0.1, -0.05) is 25.1 Å². The molecule has 0 spiro atoms. The first-order valence-electron chi connectivity index (χ1n) is 7.82. The minimum absolute atomic E-state index is 0. The molecule has 5 heteroatoms. The molecule has 1 aromatic rings. The number of nitrogens with one attached hydrogen (secondary N) is 1. The number of hydrogen-bond donors (Lipinski definition) is 1. The number of halogens is 1. The monoisotopic (exact) mass is 326 g/mol. The smallest absolute Gasteiger partial charge is 0.225 e. The Bertz CT molecular complexity index is 442. The van der Waals surface area contributed by atoms with Gasteiger partial charge in [0, 0.05) is 19.0 Å². The van der Waals surface area contributed by atoms with Crippen LogP contribution in [0.25, 0.3) is 0 Å². The summed E-state index contributed by atoms with van der Waals surface area (Å²) < 4.78 is 5.67. The SMILES string of the molecule is CNCC1CCN(C(=O)C(C)CCOc2ccccc2)C1.Cl. The number of nitrogens with zero attached hydrogens (tertiary/aromatic N) is 1. The van der Waals surface area contributed by atoms with Crippen molar-refractivity contribution in [3.05, 3.63) is 30.3 Å². The van der Waals surface area contributed by atoms with Gasteiger partial charge in [-0.3, -0.25) is 4.79 Å². The number of likely N-dealkylation sites (tertiary alicyclic amines) is 1. The fourth-order valence-electron chi connectivity index (χ4n) is 2.79. The third kappa shape index (κ3) is 5.50. The third-order valence-electron chi connectivity index (χ3n) is 4.07. The van der Waals surface area contributed by atoms with E-state index in [2.05, 4.69) is 5.32 Å². The van der Waals surface area contributed by atoms with E-state index >= 15 is 0 Å². The van der Waals surface area contributed by atoms with E-state index in [1.54, 1.807) is 0 Å². The highest BCUT2D eigenvalue weighted by molar-refractivity contribution is 5.85. The Morgan fingerprint density at radius 1 is 1.41 bits per heavy atom. The van der Waals surface area contributed by atoms with Crippen LogP contribution in [0.1, 0.15) is 19.8 Å². The van der Waals surface area contributed by atoms with E-state index in [-0.39, 0.29) is 24.2 Å². The average Bonchev–Trinajstić information content (AvgIpc) is 2.96. The summed E-state index contributed by atoms with van der Waals surface area (Å²) in [5.41, 5.74) is 0. The van der Waals surface area contributed by atoms with Crippen LogP contribution in [0.2, 0.25) is 0 Å². The van der Waals surface area contributed by atoms with E-state index in [4.69, 9.17) is 4.74 Å². The number of ether oxygens (including phenoxy) is 1. The standard InChI is InChI=1S/C17H26N2O2.ClH/c1-14(9-11-21-16-6-4-3-5-7-16)17(20)19-10-8-15(13-19)12-18-2;/h3-7,14-15,18H,8-13H2,1-2H3;1H. The van der Waals surface area contributed by atoms with Crippen LogP contribution >= 0.6 is 12.4 Å². The van der Waals surface area contributed by atoms with Gasteiger partial charge in [-0.05, 0) is 44.5 Å². The van der Waals surface area contributed by atoms with Crippen LogP contribution in [0.4, 0.5) is 0 Å². The zero-order valence-electron chi connectivity index (χ0n) is 13.5. The van der Waals surface area contributed by atoms with Gasteiger partial charge >= 0.3 is 0 Å². The van der Waals surface area contributed by atoms with Gasteiger partial charge in [-0.25, -0.2) is 0 Å². The third-order valence-corrected chi connectivity index (χ3v) is 4.07. The highest BCUT2D eigenvalue weighted by atomic mass is 35.5. The molecule has 1 saturated heterocycles. The Hall–Kier alpha value is -1.26. The van der Waals surface area contributed by atoms with Crippen molar-refractivity contribution in [3.63, 3.8) is 0 Å². The van der Waals surface area contributed by atoms with Crippen LogP contribution in [0.5, 0.6) is 5.75 Å². The molecule has 1 N–H and O–H groups in total. The predicted octanol–water partition coefficient (Wildman–Crippen LogP) is 2.58. The van der Waals surface area contributed by atoms with Crippen LogP contribution in [-0.4, -0.2) is 44.1 Å². The molecule has 1 heterocycles. The highest BCUT2D eigenvalue weighted by Crippen LogP contribution is 2.19. The molecule has 0 bridgehead atoms. The predicted molar refractivity (Wildman–Crippen MR) is 91.6 cm³/mol. The number of carbonyl (C=O) groups is 1. The second-order valence-electron chi connectivity index (χ2n) is 5.85. The second kappa shape index (κ2) is 9.70. The maximum atomic E-state index is 12.4. The molecule has 2 unspecified atom stereocenters. The van der Waals surface area contributed by atoms with Crippen molar-refractivity contribution in [2.45, 2.75) is 19.8 Å². The Morgan fingerprint density at radius 2 is 2.14 bits per heavy atom. The lowest BCUT2D eigenvalue weighted by atomic mass is 10.1. The number of carbonyl (C=O) groups excluding carboxylic acids is 1. The van der Waals surface area contributed by atoms with E-state index in [0.29, 0.717) is 12.5 Å². The van der Waals surface area contributed by atoms with E-state index in [0.717, 1.165) is 38.2 Å². The van der Waals surface area contributed by atoms with Crippen molar-refractivity contribution in [2.24, 2.45) is 11.8 Å². The van der Waals surface area contributed by atoms with Gasteiger partial charge in [0.25, 0.3) is 0 Å². The van der Waals surface area contributed by atoms with Gasteiger partial charge in [-0.15, -0.1) is 12.4 Å². The molecule has 1 fully saturated rings. The largest absolute Gasteiger partial charge is 0.494 e. The summed E-state index contributed by atoms with van der Waals surface area (Å²) in [5.74, 6) is 1.77. The number of rotatable bonds is 7. The van der Waals surface area contributed by atoms with Gasteiger partial charge in [-0.2, -0.15) is 0 Å². The molecule has 1 aliphatic rings. The van der Waals surface area contributed by atoms with Gasteiger partial charge < -0.3 is 15.0 Å². The topological polar surface area (TPSA) is 41.6 Å². The quantitative estimate of drug-likeness (QED) is 0.837. The summed E-state index contributed by atoms with van der Waals surface area (Å²) >= 11 is 0. The minimum atomic E-state index is 0. The average molecular weight is 327 g/mol. The molecule has 0 saturated carbocycles. The summed E-state index contributed by atoms with van der Waals surface area (Å²) in [5, 5.41) is 3.19. The maximum absolute atomic E-state index is 12.4. The van der Waals surface area contributed by atoms with Crippen LogP contribution in [0.3, 0.4) is 0 Å². The number of benzene rings is 1. The molecule has 0 aliphatic carbocycles. The van der Waals surface area contributed by atoms with Crippen LogP contribution in [0, 0.1) is 11.8 Å². The fraction of sp³-hybridized carbons (Fsp3) is 0.588. The zero-order chi connectivity index (χ0) is 15.1. The first kappa shape index (κ1) is 18.8. The lowest BCUT2D eigenvalue weighted by Crippen LogP contribution is -2.34. The molecule has 124 valence electrons. The molecule has 0 radical (unpaired) electrons. The molecule has 0 aromatic heterocycles. The highest BCUT2D eigenvalue weighted by Gasteiger charge is 2.28. The van der Waals surface area contributed by atoms with Crippen molar-refractivity contribution in [3.8, 4) is 5.75 Å². The van der Waals surface area contributed by atoms with Gasteiger partial charge in [0.1, 0.15) is 5.75 Å². The minimum Gasteiger partial charge on any atom is -0.494 e. The van der Waals surface area contributed by atoms with Crippen LogP contribution < -0.4 is 10.1 Å². The van der Waals surface area contributed by atoms with Crippen LogP contribution in [0.15, 0.2) is 30.3 Å². The molecule has 1 aromatic carbocycles. The number of para-hydroxylation sites is 1. The zero-order valence-corrected chi connectivity index (χ0v) is 14.3. The van der Waals surface area contributed by atoms with Crippen molar-refractivity contribution in [2.75, 3.05) is 33.3 Å². The Labute approximate surface area is 139 Å². The molecule has 4 nitrogen and oxygen atoms in total. The van der Waals surface area contributed by atoms with E-state index < -0.39 is 0 Å². The van der Waals surface area contributed by atoms with E-state index in [9.17, 15) is 4.79 Å². The normalized spacial score (nSPS) is 18.6. The number of hydrogen-bond acceptors (Lipinski definition) is 3. The molecular formula is C17H27ClN2O2. The Kier molecular flexibility index (Phi) is 8.28. The molecular weight excluding hydrogens is 300 g/mol. The summed E-state index contributed by atoms with van der Waals surface area (Å²) in [4.78, 5) is 14.4. The Morgan fingerprint density at radius 3 is 2.82 bits per heavy atom. The summed E-state index contributed by atoms with van der Waals surface area (Å²) in [6.45, 7) is 5.38. The van der Waals surface area contributed by atoms with Crippen molar-refractivity contribution in [1.82, 2.24) is 10.2 Å². The lowest BCUT2D eigenvalue weighted by molar-refractivity contribution is -0.134. The maximum Gasteiger partial charge on any atom is 0.225 e. The first-order chi connectivity index (χ1) is 10.2. The number of amides is 1. The Balaban J connectivity index is 0.00000242. The van der Waals surface area contributed by atoms with Gasteiger partial charge in [0.2, 0.25) is 5.91 Å². The van der Waals surface area contributed by atoms with Gasteiger partial charge in [0.05, 0.1) is 6.61 Å². The summed E-state index contributed by atoms with van der Waals surface area (Å²) in [6.07, 6.45) is 1.88. The lowest BCUT2D eigenvalue weighted by Gasteiger charge is -2.21. The van der Waals surface area contributed by atoms with Crippen LogP contribution in [-0.2, 0) is 4.79 Å². The van der Waals surface area contributed by atoms with Crippen molar-refractivity contribution in [1.29, 1.82) is 0 Å². The summed E-state index contributed by atoms with van der Waals surface area (Å²) in [7, 11) is 1.97. The van der Waals surface area contributed by atoms with Crippen molar-refractivity contribution < 1.29 is 9.53 Å². The van der Waals surface area contributed by atoms with Crippen molar-refractivity contribution >= 4 is 18.3 Å². The summed E-state index contributed by atoms with van der Waals surface area (Å²) in [6, 6.07) is 9.75. The second-order valence-corrected chi connectivity index (χ2v) is 5.85. The molecule has 22 heavy (non-hydrogen) atoms. The molecule has 1 aliphatic heterocycles. The van der Waals surface area contributed by atoms with E-state index in [1.807, 2.05) is 49.2 Å². The van der Waals surface area contributed by atoms with Gasteiger partial charge in [0.15, 0.2) is 0 Å². The molecule has 2 atom stereocenters. The first-order valence-corrected chi connectivity index (χ1v) is 7.82.